The van der Waals surface area contributed by atoms with Gasteiger partial charge in [-0.25, -0.2) is 4.98 Å². The van der Waals surface area contributed by atoms with Crippen LogP contribution in [0.5, 0.6) is 0 Å². The molecule has 5 heteroatoms. The Morgan fingerprint density at radius 2 is 2.00 bits per heavy atom. The van der Waals surface area contributed by atoms with E-state index in [-0.39, 0.29) is 5.91 Å². The summed E-state index contributed by atoms with van der Waals surface area (Å²) in [6.45, 7) is 0.374. The molecule has 1 fully saturated rings. The Hall–Kier alpha value is -1.72. The van der Waals surface area contributed by atoms with Crippen LogP contribution in [0.25, 0.3) is 11.3 Å². The Morgan fingerprint density at radius 3 is 2.71 bits per heavy atom. The van der Waals surface area contributed by atoms with Crippen molar-refractivity contribution in [1.82, 2.24) is 10.3 Å². The van der Waals surface area contributed by atoms with Crippen LogP contribution in [0.2, 0.25) is 0 Å². The molecular weight excluding hydrogens is 284 g/mol. The molecule has 3 rings (SSSR count). The molecule has 1 heterocycles. The Balaban J connectivity index is 1.62. The van der Waals surface area contributed by atoms with E-state index in [2.05, 4.69) is 10.3 Å². The van der Waals surface area contributed by atoms with E-state index in [1.807, 2.05) is 35.7 Å². The lowest BCUT2D eigenvalue weighted by Gasteiger charge is -2.20. The predicted octanol–water partition coefficient (Wildman–Crippen LogP) is 2.73. The maximum absolute atomic E-state index is 12.0. The minimum atomic E-state index is -1.17. The van der Waals surface area contributed by atoms with Crippen LogP contribution >= 0.6 is 11.3 Å². The molecule has 1 aromatic heterocycles. The van der Waals surface area contributed by atoms with Crippen LogP contribution in [-0.2, 0) is 11.3 Å². The summed E-state index contributed by atoms with van der Waals surface area (Å²) in [5.74, 6) is -0.267. The fourth-order valence-electron chi connectivity index (χ4n) is 2.64. The van der Waals surface area contributed by atoms with Gasteiger partial charge < -0.3 is 10.4 Å². The van der Waals surface area contributed by atoms with Gasteiger partial charge in [0.15, 0.2) is 0 Å². The van der Waals surface area contributed by atoms with Crippen LogP contribution in [-0.4, -0.2) is 21.6 Å². The number of rotatable bonds is 4. The number of carbonyl (C=O) groups is 1. The molecule has 0 atom stereocenters. The zero-order valence-corrected chi connectivity index (χ0v) is 12.5. The van der Waals surface area contributed by atoms with Crippen molar-refractivity contribution in [3.8, 4) is 11.3 Å². The zero-order chi connectivity index (χ0) is 14.7. The molecule has 1 aliphatic carbocycles. The predicted molar refractivity (Wildman–Crippen MR) is 82.8 cm³/mol. The monoisotopic (exact) mass is 302 g/mol. The maximum Gasteiger partial charge on any atom is 0.252 e. The third-order valence-electron chi connectivity index (χ3n) is 3.87. The van der Waals surface area contributed by atoms with E-state index in [0.29, 0.717) is 19.4 Å². The number of benzene rings is 1. The Morgan fingerprint density at radius 1 is 1.29 bits per heavy atom. The highest BCUT2D eigenvalue weighted by atomic mass is 32.1. The molecule has 0 unspecified atom stereocenters. The van der Waals surface area contributed by atoms with Gasteiger partial charge in [-0.3, -0.25) is 4.79 Å². The summed E-state index contributed by atoms with van der Waals surface area (Å²) in [5.41, 5.74) is 0.824. The van der Waals surface area contributed by atoms with E-state index in [0.717, 1.165) is 29.1 Å². The molecule has 1 aliphatic rings. The van der Waals surface area contributed by atoms with Gasteiger partial charge in [-0.05, 0) is 25.7 Å². The van der Waals surface area contributed by atoms with Crippen molar-refractivity contribution in [2.75, 3.05) is 0 Å². The minimum Gasteiger partial charge on any atom is -0.380 e. The van der Waals surface area contributed by atoms with Crippen LogP contribution in [0.3, 0.4) is 0 Å². The molecule has 0 saturated heterocycles. The summed E-state index contributed by atoms with van der Waals surface area (Å²) < 4.78 is 0. The first-order chi connectivity index (χ1) is 10.2. The number of aliphatic hydroxyl groups is 1. The lowest BCUT2D eigenvalue weighted by molar-refractivity contribution is -0.139. The average molecular weight is 302 g/mol. The van der Waals surface area contributed by atoms with Crippen molar-refractivity contribution in [3.05, 3.63) is 40.7 Å². The van der Waals surface area contributed by atoms with Crippen molar-refractivity contribution >= 4 is 17.2 Å². The van der Waals surface area contributed by atoms with E-state index in [1.165, 1.54) is 11.3 Å². The van der Waals surface area contributed by atoms with Gasteiger partial charge in [0.25, 0.3) is 5.91 Å². The normalized spacial score (nSPS) is 16.8. The van der Waals surface area contributed by atoms with Gasteiger partial charge in [0, 0.05) is 10.9 Å². The highest BCUT2D eigenvalue weighted by molar-refractivity contribution is 7.09. The molecule has 2 N–H and O–H groups in total. The van der Waals surface area contributed by atoms with Gasteiger partial charge in [-0.2, -0.15) is 0 Å². The van der Waals surface area contributed by atoms with E-state index >= 15 is 0 Å². The van der Waals surface area contributed by atoms with Crippen LogP contribution in [0.1, 0.15) is 30.7 Å². The summed E-state index contributed by atoms with van der Waals surface area (Å²) in [4.78, 5) is 16.6. The van der Waals surface area contributed by atoms with Gasteiger partial charge in [0.2, 0.25) is 0 Å². The summed E-state index contributed by atoms with van der Waals surface area (Å²) in [5, 5.41) is 15.8. The fourth-order valence-corrected chi connectivity index (χ4v) is 3.38. The number of amides is 1. The van der Waals surface area contributed by atoms with E-state index < -0.39 is 5.60 Å². The number of carbonyl (C=O) groups excluding carboxylic acids is 1. The van der Waals surface area contributed by atoms with Crippen molar-refractivity contribution in [3.63, 3.8) is 0 Å². The molecule has 21 heavy (non-hydrogen) atoms. The molecule has 1 amide bonds. The lowest BCUT2D eigenvalue weighted by Crippen LogP contribution is -2.44. The molecule has 0 radical (unpaired) electrons. The van der Waals surface area contributed by atoms with Gasteiger partial charge in [-0.1, -0.05) is 30.3 Å². The standard InChI is InChI=1S/C16H18N2O2S/c19-15(16(20)8-4-5-9-16)17-10-14-18-13(11-21-14)12-6-2-1-3-7-12/h1-3,6-7,11,20H,4-5,8-10H2,(H,17,19). The Kier molecular flexibility index (Phi) is 4.03. The maximum atomic E-state index is 12.0. The number of thiazole rings is 1. The highest BCUT2D eigenvalue weighted by Crippen LogP contribution is 2.29. The smallest absolute Gasteiger partial charge is 0.252 e. The van der Waals surface area contributed by atoms with Gasteiger partial charge >= 0.3 is 0 Å². The van der Waals surface area contributed by atoms with E-state index in [4.69, 9.17) is 0 Å². The largest absolute Gasteiger partial charge is 0.380 e. The summed E-state index contributed by atoms with van der Waals surface area (Å²) in [7, 11) is 0. The molecule has 4 nitrogen and oxygen atoms in total. The van der Waals surface area contributed by atoms with E-state index in [9.17, 15) is 9.90 Å². The second-order valence-corrected chi connectivity index (χ2v) is 6.36. The lowest BCUT2D eigenvalue weighted by atomic mass is 10.0. The van der Waals surface area contributed by atoms with Gasteiger partial charge in [0.05, 0.1) is 12.2 Å². The van der Waals surface area contributed by atoms with Crippen molar-refractivity contribution in [1.29, 1.82) is 0 Å². The number of nitrogens with zero attached hydrogens (tertiary/aromatic N) is 1. The summed E-state index contributed by atoms with van der Waals surface area (Å²) in [6, 6.07) is 9.95. The highest BCUT2D eigenvalue weighted by Gasteiger charge is 2.38. The van der Waals surface area contributed by atoms with Crippen LogP contribution in [0.4, 0.5) is 0 Å². The average Bonchev–Trinajstić information content (AvgIpc) is 3.15. The topological polar surface area (TPSA) is 62.2 Å². The first-order valence-corrected chi connectivity index (χ1v) is 8.06. The molecule has 2 aromatic rings. The Labute approximate surface area is 127 Å². The molecule has 0 aliphatic heterocycles. The molecule has 0 bridgehead atoms. The number of aromatic nitrogens is 1. The third kappa shape index (κ3) is 3.14. The van der Waals surface area contributed by atoms with Crippen LogP contribution in [0.15, 0.2) is 35.7 Å². The van der Waals surface area contributed by atoms with Crippen molar-refractivity contribution < 1.29 is 9.90 Å². The SMILES string of the molecule is O=C(NCc1nc(-c2ccccc2)cs1)C1(O)CCCC1. The van der Waals surface area contributed by atoms with Crippen LogP contribution < -0.4 is 5.32 Å². The van der Waals surface area contributed by atoms with Crippen molar-refractivity contribution in [2.45, 2.75) is 37.8 Å². The summed E-state index contributed by atoms with van der Waals surface area (Å²) in [6.07, 6.45) is 2.95. The molecule has 1 saturated carbocycles. The first kappa shape index (κ1) is 14.2. The zero-order valence-electron chi connectivity index (χ0n) is 11.7. The summed E-state index contributed by atoms with van der Waals surface area (Å²) >= 11 is 1.52. The molecule has 110 valence electrons. The number of hydrogen-bond donors (Lipinski definition) is 2. The molecule has 1 aromatic carbocycles. The molecular formula is C16H18N2O2S. The fraction of sp³-hybridized carbons (Fsp3) is 0.375. The van der Waals surface area contributed by atoms with Crippen molar-refractivity contribution in [2.24, 2.45) is 0 Å². The van der Waals surface area contributed by atoms with Gasteiger partial charge in [0.1, 0.15) is 10.6 Å². The number of hydrogen-bond acceptors (Lipinski definition) is 4. The molecule has 0 spiro atoms. The third-order valence-corrected chi connectivity index (χ3v) is 4.72. The quantitative estimate of drug-likeness (QED) is 0.913. The second kappa shape index (κ2) is 5.95. The van der Waals surface area contributed by atoms with Gasteiger partial charge in [-0.15, -0.1) is 11.3 Å². The first-order valence-electron chi connectivity index (χ1n) is 7.18. The number of nitrogens with one attached hydrogen (secondary N) is 1. The van der Waals surface area contributed by atoms with E-state index in [1.54, 1.807) is 0 Å². The van der Waals surface area contributed by atoms with Crippen LogP contribution in [0, 0.1) is 0 Å². The second-order valence-electron chi connectivity index (χ2n) is 5.41. The Bertz CT molecular complexity index is 618. The minimum absolute atomic E-state index is 0.267.